The second kappa shape index (κ2) is 7.35. The molecule has 0 saturated carbocycles. The van der Waals surface area contributed by atoms with Crippen molar-refractivity contribution in [3.05, 3.63) is 39.4 Å². The fraction of sp³-hybridized carbons (Fsp3) is 0.562. The van der Waals surface area contributed by atoms with Gasteiger partial charge in [-0.1, -0.05) is 18.6 Å². The molecule has 1 saturated heterocycles. The Bertz CT molecular complexity index is 554. The zero-order valence-electron chi connectivity index (χ0n) is 13.2. The van der Waals surface area contributed by atoms with Gasteiger partial charge in [0, 0.05) is 18.2 Å². The van der Waals surface area contributed by atoms with E-state index in [-0.39, 0.29) is 23.2 Å². The number of piperidine rings is 1. The molecule has 120 valence electrons. The number of carbonyl (C=O) groups excluding carboxylic acids is 1. The highest BCUT2D eigenvalue weighted by Crippen LogP contribution is 2.23. The van der Waals surface area contributed by atoms with Gasteiger partial charge in [0.25, 0.3) is 11.6 Å². The molecule has 6 heteroatoms. The normalized spacial score (nSPS) is 17.0. The van der Waals surface area contributed by atoms with E-state index in [0.29, 0.717) is 5.56 Å². The molecule has 1 fully saturated rings. The minimum absolute atomic E-state index is 0.0364. The number of nitrogens with zero attached hydrogens (tertiary/aromatic N) is 2. The Labute approximate surface area is 130 Å². The molecule has 0 radical (unpaired) electrons. The molecule has 1 N–H and O–H groups in total. The minimum Gasteiger partial charge on any atom is -0.348 e. The summed E-state index contributed by atoms with van der Waals surface area (Å²) in [5.74, 6) is -0.375. The Hall–Kier alpha value is -1.95. The molecule has 6 nitrogen and oxygen atoms in total. The third-order valence-electron chi connectivity index (χ3n) is 4.02. The van der Waals surface area contributed by atoms with Crippen molar-refractivity contribution in [1.82, 2.24) is 10.2 Å². The monoisotopic (exact) mass is 305 g/mol. The molecule has 1 atom stereocenters. The molecule has 1 amide bonds. The topological polar surface area (TPSA) is 75.5 Å². The molecule has 1 unspecified atom stereocenters. The van der Waals surface area contributed by atoms with Gasteiger partial charge in [-0.15, -0.1) is 0 Å². The minimum atomic E-state index is -0.487. The average Bonchev–Trinajstić information content (AvgIpc) is 2.47. The summed E-state index contributed by atoms with van der Waals surface area (Å²) in [6.07, 6.45) is 3.67. The van der Waals surface area contributed by atoms with E-state index in [2.05, 4.69) is 10.2 Å². The summed E-state index contributed by atoms with van der Waals surface area (Å²) >= 11 is 0. The second-order valence-electron chi connectivity index (χ2n) is 5.96. The van der Waals surface area contributed by atoms with Crippen LogP contribution in [0.5, 0.6) is 0 Å². The first-order valence-corrected chi connectivity index (χ1v) is 7.76. The van der Waals surface area contributed by atoms with Crippen LogP contribution < -0.4 is 5.32 Å². The van der Waals surface area contributed by atoms with E-state index in [1.807, 2.05) is 6.92 Å². The summed E-state index contributed by atoms with van der Waals surface area (Å²) in [4.78, 5) is 25.4. The fourth-order valence-corrected chi connectivity index (χ4v) is 2.96. The average molecular weight is 305 g/mol. The van der Waals surface area contributed by atoms with Crippen LogP contribution in [0.15, 0.2) is 18.2 Å². The van der Waals surface area contributed by atoms with Gasteiger partial charge >= 0.3 is 0 Å². The zero-order chi connectivity index (χ0) is 16.1. The van der Waals surface area contributed by atoms with Crippen molar-refractivity contribution in [2.45, 2.75) is 39.2 Å². The molecule has 1 aromatic carbocycles. The van der Waals surface area contributed by atoms with E-state index in [1.165, 1.54) is 25.3 Å². The Morgan fingerprint density at radius 1 is 1.36 bits per heavy atom. The molecular formula is C16H23N3O3. The summed E-state index contributed by atoms with van der Waals surface area (Å²) in [6, 6.07) is 4.79. The van der Waals surface area contributed by atoms with Crippen molar-refractivity contribution >= 4 is 11.6 Å². The summed E-state index contributed by atoms with van der Waals surface area (Å²) in [6.45, 7) is 6.49. The van der Waals surface area contributed by atoms with Gasteiger partial charge in [0.15, 0.2) is 0 Å². The number of nitrogens with one attached hydrogen (secondary N) is 1. The maximum atomic E-state index is 12.3. The largest absolute Gasteiger partial charge is 0.348 e. The molecule has 1 aromatic rings. The maximum absolute atomic E-state index is 12.3. The van der Waals surface area contributed by atoms with Crippen molar-refractivity contribution in [2.75, 3.05) is 19.6 Å². The Morgan fingerprint density at radius 2 is 2.05 bits per heavy atom. The summed E-state index contributed by atoms with van der Waals surface area (Å²) < 4.78 is 0. The SMILES string of the molecule is Cc1cccc(C(=O)NC(C)CN2CCCCC2)c1[N+](=O)[O-]. The van der Waals surface area contributed by atoms with E-state index in [0.717, 1.165) is 19.6 Å². The first kappa shape index (κ1) is 16.4. The van der Waals surface area contributed by atoms with E-state index < -0.39 is 4.92 Å². The van der Waals surface area contributed by atoms with Gasteiger partial charge in [-0.05, 0) is 45.8 Å². The molecule has 0 bridgehead atoms. The van der Waals surface area contributed by atoms with Crippen LogP contribution in [0.1, 0.15) is 42.1 Å². The van der Waals surface area contributed by atoms with E-state index in [1.54, 1.807) is 19.1 Å². The number of likely N-dealkylation sites (tertiary alicyclic amines) is 1. The number of amides is 1. The van der Waals surface area contributed by atoms with Crippen LogP contribution in [0.25, 0.3) is 0 Å². The van der Waals surface area contributed by atoms with Crippen molar-refractivity contribution in [2.24, 2.45) is 0 Å². The Balaban J connectivity index is 2.02. The number of nitro benzene ring substituents is 1. The van der Waals surface area contributed by atoms with Crippen LogP contribution in [-0.4, -0.2) is 41.4 Å². The maximum Gasteiger partial charge on any atom is 0.285 e. The highest BCUT2D eigenvalue weighted by molar-refractivity contribution is 5.98. The first-order valence-electron chi connectivity index (χ1n) is 7.76. The fourth-order valence-electron chi connectivity index (χ4n) is 2.96. The van der Waals surface area contributed by atoms with Gasteiger partial charge in [-0.3, -0.25) is 14.9 Å². The second-order valence-corrected chi connectivity index (χ2v) is 5.96. The molecule has 1 aliphatic rings. The molecule has 22 heavy (non-hydrogen) atoms. The third kappa shape index (κ3) is 4.04. The molecule has 0 aromatic heterocycles. The van der Waals surface area contributed by atoms with Gasteiger partial charge in [-0.25, -0.2) is 0 Å². The number of para-hydroxylation sites is 1. The highest BCUT2D eigenvalue weighted by atomic mass is 16.6. The summed E-state index contributed by atoms with van der Waals surface area (Å²) in [5.41, 5.74) is 0.530. The smallest absolute Gasteiger partial charge is 0.285 e. The standard InChI is InChI=1S/C16H23N3O3/c1-12-7-6-8-14(15(12)19(21)22)16(20)17-13(2)11-18-9-4-3-5-10-18/h6-8,13H,3-5,9-11H2,1-2H3,(H,17,20). The van der Waals surface area contributed by atoms with Gasteiger partial charge in [0.1, 0.15) is 5.56 Å². The van der Waals surface area contributed by atoms with Gasteiger partial charge in [-0.2, -0.15) is 0 Å². The van der Waals surface area contributed by atoms with E-state index in [4.69, 9.17) is 0 Å². The van der Waals surface area contributed by atoms with Crippen LogP contribution in [0.4, 0.5) is 5.69 Å². The number of hydrogen-bond acceptors (Lipinski definition) is 4. The Morgan fingerprint density at radius 3 is 2.68 bits per heavy atom. The number of carbonyl (C=O) groups is 1. The lowest BCUT2D eigenvalue weighted by Gasteiger charge is -2.29. The molecule has 0 aliphatic carbocycles. The summed E-state index contributed by atoms with van der Waals surface area (Å²) in [7, 11) is 0. The molecule has 0 spiro atoms. The predicted molar refractivity (Wildman–Crippen MR) is 85.1 cm³/mol. The van der Waals surface area contributed by atoms with Crippen LogP contribution in [-0.2, 0) is 0 Å². The van der Waals surface area contributed by atoms with Crippen LogP contribution in [0.2, 0.25) is 0 Å². The van der Waals surface area contributed by atoms with Gasteiger partial charge < -0.3 is 10.2 Å². The number of hydrogen-bond donors (Lipinski definition) is 1. The predicted octanol–water partition coefficient (Wildman–Crippen LogP) is 2.51. The van der Waals surface area contributed by atoms with E-state index >= 15 is 0 Å². The first-order chi connectivity index (χ1) is 10.5. The third-order valence-corrected chi connectivity index (χ3v) is 4.02. The zero-order valence-corrected chi connectivity index (χ0v) is 13.2. The Kier molecular flexibility index (Phi) is 5.49. The number of rotatable bonds is 5. The van der Waals surface area contributed by atoms with Gasteiger partial charge in [0.05, 0.1) is 4.92 Å². The molecule has 1 aliphatic heterocycles. The lowest BCUT2D eigenvalue weighted by atomic mass is 10.1. The quantitative estimate of drug-likeness (QED) is 0.670. The van der Waals surface area contributed by atoms with Crippen LogP contribution >= 0.6 is 0 Å². The van der Waals surface area contributed by atoms with Crippen molar-refractivity contribution in [3.8, 4) is 0 Å². The van der Waals surface area contributed by atoms with Crippen LogP contribution in [0, 0.1) is 17.0 Å². The van der Waals surface area contributed by atoms with Crippen molar-refractivity contribution in [1.29, 1.82) is 0 Å². The highest BCUT2D eigenvalue weighted by Gasteiger charge is 2.23. The van der Waals surface area contributed by atoms with Gasteiger partial charge in [0.2, 0.25) is 0 Å². The lowest BCUT2D eigenvalue weighted by Crippen LogP contribution is -2.43. The number of benzene rings is 1. The van der Waals surface area contributed by atoms with E-state index in [9.17, 15) is 14.9 Å². The van der Waals surface area contributed by atoms with Crippen LogP contribution in [0.3, 0.4) is 0 Å². The number of nitro groups is 1. The number of aryl methyl sites for hydroxylation is 1. The van der Waals surface area contributed by atoms with Crippen molar-refractivity contribution in [3.63, 3.8) is 0 Å². The molecular weight excluding hydrogens is 282 g/mol. The molecule has 2 rings (SSSR count). The summed E-state index contributed by atoms with van der Waals surface area (Å²) in [5, 5.41) is 14.0. The molecule has 1 heterocycles. The lowest BCUT2D eigenvalue weighted by molar-refractivity contribution is -0.385. The van der Waals surface area contributed by atoms with Crippen molar-refractivity contribution < 1.29 is 9.72 Å².